The van der Waals surface area contributed by atoms with Gasteiger partial charge in [0.2, 0.25) is 0 Å². The molecule has 0 aliphatic rings. The van der Waals surface area contributed by atoms with Gasteiger partial charge in [0.05, 0.1) is 0 Å². The van der Waals surface area contributed by atoms with Crippen molar-refractivity contribution in [3.8, 4) is 78.3 Å². The van der Waals surface area contributed by atoms with Crippen molar-refractivity contribution >= 4 is 0 Å². The zero-order valence-corrected chi connectivity index (χ0v) is 40.0. The number of nitrogens with zero attached hydrogens (tertiary/aromatic N) is 3. The maximum atomic E-state index is 4.77. The summed E-state index contributed by atoms with van der Waals surface area (Å²) in [7, 11) is 0. The van der Waals surface area contributed by atoms with Crippen LogP contribution in [0.4, 0.5) is 0 Å². The third kappa shape index (κ3) is 10.9. The van der Waals surface area contributed by atoms with Gasteiger partial charge in [-0.2, -0.15) is 0 Å². The average molecular weight is 1040 g/mol. The van der Waals surface area contributed by atoms with Crippen molar-refractivity contribution in [2.24, 2.45) is 0 Å². The summed E-state index contributed by atoms with van der Waals surface area (Å²) in [6, 6.07) is 77.7. The minimum Gasteiger partial charge on any atom is -0.305 e. The molecule has 3 heterocycles. The molecule has 67 heavy (non-hydrogen) atoms. The van der Waals surface area contributed by atoms with Gasteiger partial charge in [-0.15, -0.1) is 101 Å². The summed E-state index contributed by atoms with van der Waals surface area (Å²) < 4.78 is 0. The molecule has 10 rings (SSSR count). The Bertz CT molecular complexity index is 3090. The van der Waals surface area contributed by atoms with Crippen molar-refractivity contribution in [2.75, 3.05) is 0 Å². The summed E-state index contributed by atoms with van der Waals surface area (Å²) in [6.07, 6.45) is 9.37. The average Bonchev–Trinajstić information content (AvgIpc) is 3.38. The van der Waals surface area contributed by atoms with E-state index in [0.717, 1.165) is 87.3 Å². The standard InChI is InChI=1S/C63H48N3.Ir/c1-44-12-34-61(65-42-44)54-22-18-46(19-23-54)14-16-48-38-49(17-15-47-20-24-55(25-21-47)62-35-13-45(2)43-66-62)40-58(39-48)60-11-7-6-10-59(60)53-30-32-56(33-31-53)63-41-57(36-37-64-63)52-28-26-51(27-29-52)50-8-4-3-5-9-50;/h3-13,18-22,24,26-32,34-43H,14-17H2,1-2H3;/q-3;+3. The van der Waals surface area contributed by atoms with Gasteiger partial charge in [-0.25, -0.2) is 0 Å². The van der Waals surface area contributed by atoms with Gasteiger partial charge in [0.15, 0.2) is 0 Å². The molecule has 0 saturated carbocycles. The minimum atomic E-state index is 0. The van der Waals surface area contributed by atoms with Gasteiger partial charge < -0.3 is 15.0 Å². The van der Waals surface area contributed by atoms with Crippen LogP contribution in [-0.2, 0) is 45.8 Å². The molecular formula is C63H48IrN3. The van der Waals surface area contributed by atoms with Gasteiger partial charge >= 0.3 is 20.1 Å². The van der Waals surface area contributed by atoms with Crippen LogP contribution in [0, 0.1) is 32.0 Å². The second-order valence-electron chi connectivity index (χ2n) is 17.1. The number of aromatic nitrogens is 3. The fraction of sp³-hybridized carbons (Fsp3) is 0.0952. The van der Waals surface area contributed by atoms with Crippen molar-refractivity contribution in [1.29, 1.82) is 0 Å². The Morgan fingerprint density at radius 2 is 0.821 bits per heavy atom. The van der Waals surface area contributed by atoms with Crippen LogP contribution in [0.25, 0.3) is 78.3 Å². The Morgan fingerprint density at radius 3 is 1.34 bits per heavy atom. The predicted octanol–water partition coefficient (Wildman–Crippen LogP) is 15.1. The van der Waals surface area contributed by atoms with E-state index in [1.807, 2.05) is 24.7 Å². The molecular weight excluding hydrogens is 991 g/mol. The summed E-state index contributed by atoms with van der Waals surface area (Å²) in [5, 5.41) is 0. The van der Waals surface area contributed by atoms with Crippen molar-refractivity contribution < 1.29 is 20.1 Å². The topological polar surface area (TPSA) is 38.7 Å². The first kappa shape index (κ1) is 44.8. The first-order valence-corrected chi connectivity index (χ1v) is 22.7. The fourth-order valence-electron chi connectivity index (χ4n) is 8.56. The molecule has 0 unspecified atom stereocenters. The maximum Gasteiger partial charge on any atom is 3.00 e. The number of rotatable bonds is 13. The molecule has 3 aromatic heterocycles. The number of pyridine rings is 3. The third-order valence-corrected chi connectivity index (χ3v) is 12.3. The van der Waals surface area contributed by atoms with E-state index in [1.165, 1.54) is 50.1 Å². The number of aryl methyl sites for hydroxylation is 6. The third-order valence-electron chi connectivity index (χ3n) is 12.3. The predicted molar refractivity (Wildman–Crippen MR) is 272 cm³/mol. The van der Waals surface area contributed by atoms with Crippen molar-refractivity contribution in [3.05, 3.63) is 258 Å². The van der Waals surface area contributed by atoms with Crippen LogP contribution < -0.4 is 0 Å². The van der Waals surface area contributed by atoms with E-state index in [1.54, 1.807) is 0 Å². The van der Waals surface area contributed by atoms with Crippen LogP contribution in [0.15, 0.2) is 207 Å². The second kappa shape index (κ2) is 20.9. The Labute approximate surface area is 408 Å². The molecule has 0 fully saturated rings. The minimum absolute atomic E-state index is 0. The first-order chi connectivity index (χ1) is 32.5. The molecule has 0 amide bonds. The van der Waals surface area contributed by atoms with E-state index in [9.17, 15) is 0 Å². The molecule has 7 aromatic carbocycles. The molecule has 0 aliphatic heterocycles. The van der Waals surface area contributed by atoms with E-state index in [-0.39, 0.29) is 20.1 Å². The molecule has 0 bridgehead atoms. The molecule has 324 valence electrons. The summed E-state index contributed by atoms with van der Waals surface area (Å²) in [5.41, 5.74) is 22.6. The monoisotopic (exact) mass is 1040 g/mol. The Morgan fingerprint density at radius 1 is 0.343 bits per heavy atom. The van der Waals surface area contributed by atoms with E-state index in [2.05, 4.69) is 224 Å². The van der Waals surface area contributed by atoms with Crippen molar-refractivity contribution in [2.45, 2.75) is 39.5 Å². The number of hydrogen-bond donors (Lipinski definition) is 0. The van der Waals surface area contributed by atoms with Crippen LogP contribution in [0.5, 0.6) is 0 Å². The number of benzene rings is 7. The molecule has 0 radical (unpaired) electrons. The smallest absolute Gasteiger partial charge is 0.305 e. The molecule has 0 aliphatic carbocycles. The van der Waals surface area contributed by atoms with E-state index in [0.29, 0.717) is 0 Å². The molecule has 0 atom stereocenters. The second-order valence-corrected chi connectivity index (χ2v) is 17.1. The van der Waals surface area contributed by atoms with Gasteiger partial charge in [-0.1, -0.05) is 151 Å². The largest absolute Gasteiger partial charge is 3.00 e. The van der Waals surface area contributed by atoms with Crippen molar-refractivity contribution in [3.63, 3.8) is 0 Å². The van der Waals surface area contributed by atoms with Crippen LogP contribution in [0.2, 0.25) is 0 Å². The molecule has 4 heteroatoms. The van der Waals surface area contributed by atoms with Crippen LogP contribution in [-0.4, -0.2) is 15.0 Å². The van der Waals surface area contributed by atoms with E-state index < -0.39 is 0 Å². The van der Waals surface area contributed by atoms with Gasteiger partial charge in [0, 0.05) is 18.6 Å². The molecule has 0 N–H and O–H groups in total. The van der Waals surface area contributed by atoms with Crippen LogP contribution >= 0.6 is 0 Å². The zero-order valence-electron chi connectivity index (χ0n) is 37.6. The fourth-order valence-corrected chi connectivity index (χ4v) is 8.56. The van der Waals surface area contributed by atoms with Gasteiger partial charge in [0.25, 0.3) is 0 Å². The van der Waals surface area contributed by atoms with E-state index in [4.69, 9.17) is 4.98 Å². The quantitative estimate of drug-likeness (QED) is 0.108. The Hall–Kier alpha value is -7.36. The summed E-state index contributed by atoms with van der Waals surface area (Å²) >= 11 is 0. The Kier molecular flexibility index (Phi) is 14.0. The molecule has 0 saturated heterocycles. The maximum absolute atomic E-state index is 4.77. The molecule has 0 spiro atoms. The summed E-state index contributed by atoms with van der Waals surface area (Å²) in [6.45, 7) is 4.12. The number of hydrogen-bond acceptors (Lipinski definition) is 3. The molecule has 10 aromatic rings. The SMILES string of the molecule is Cc1ccc(-c2[c-]cc(CCc3cc(CCc4c[c-]c(-c5ccc(C)cn5)cc4)cc(-c4ccccc4-c4c[c-]c(-c5cc(-c6ccc(-c7ccccc7)cc6)ccn5)cc4)c3)cc2)nc1.[Ir+3]. The van der Waals surface area contributed by atoms with Crippen LogP contribution in [0.1, 0.15) is 33.4 Å². The normalized spacial score (nSPS) is 11.0. The van der Waals surface area contributed by atoms with Gasteiger partial charge in [-0.3, -0.25) is 0 Å². The zero-order chi connectivity index (χ0) is 44.7. The molecule has 3 nitrogen and oxygen atoms in total. The van der Waals surface area contributed by atoms with Crippen molar-refractivity contribution in [1.82, 2.24) is 15.0 Å². The summed E-state index contributed by atoms with van der Waals surface area (Å²) in [4.78, 5) is 14.0. The first-order valence-electron chi connectivity index (χ1n) is 22.7. The summed E-state index contributed by atoms with van der Waals surface area (Å²) in [5.74, 6) is 0. The van der Waals surface area contributed by atoms with Gasteiger partial charge in [-0.05, 0) is 105 Å². The Balaban J connectivity index is 0.00000562. The van der Waals surface area contributed by atoms with Gasteiger partial charge in [0.1, 0.15) is 0 Å². The van der Waals surface area contributed by atoms with E-state index >= 15 is 0 Å². The van der Waals surface area contributed by atoms with Crippen LogP contribution in [0.3, 0.4) is 0 Å².